The fourth-order valence-electron chi connectivity index (χ4n) is 3.90. The van der Waals surface area contributed by atoms with E-state index < -0.39 is 15.6 Å². The summed E-state index contributed by atoms with van der Waals surface area (Å²) in [5.74, 6) is 0.134. The van der Waals surface area contributed by atoms with Gasteiger partial charge in [-0.25, -0.2) is 13.1 Å². The number of carbonyl (C=O) groups excluding carboxylic acids is 1. The first-order chi connectivity index (χ1) is 12.3. The van der Waals surface area contributed by atoms with Crippen LogP contribution in [0.15, 0.2) is 35.2 Å². The quantitative estimate of drug-likeness (QED) is 0.701. The summed E-state index contributed by atoms with van der Waals surface area (Å²) in [5.41, 5.74) is -1.09. The zero-order chi connectivity index (χ0) is 18.8. The Bertz CT molecular complexity index is 775. The third-order valence-electron chi connectivity index (χ3n) is 5.39. The van der Waals surface area contributed by atoms with Gasteiger partial charge in [-0.3, -0.25) is 15.1 Å². The maximum Gasteiger partial charge on any atom is 0.256 e. The van der Waals surface area contributed by atoms with E-state index in [1.54, 1.807) is 25.2 Å². The van der Waals surface area contributed by atoms with E-state index in [9.17, 15) is 13.2 Å². The molecule has 0 bridgehead atoms. The molecule has 8 heteroatoms. The second-order valence-electron chi connectivity index (χ2n) is 7.27. The number of rotatable bonds is 6. The maximum atomic E-state index is 12.9. The highest BCUT2D eigenvalue weighted by molar-refractivity contribution is 7.89. The van der Waals surface area contributed by atoms with E-state index in [0.29, 0.717) is 12.3 Å². The summed E-state index contributed by atoms with van der Waals surface area (Å²) in [4.78, 5) is 14.3. The number of sulfonamides is 1. The predicted molar refractivity (Wildman–Crippen MR) is 99.2 cm³/mol. The van der Waals surface area contributed by atoms with E-state index >= 15 is 0 Å². The molecule has 1 aromatic rings. The number of nitrogens with zero attached hydrogens (tertiary/aromatic N) is 1. The number of likely N-dealkylation sites (N-methyl/N-ethyl adjacent to an activating group) is 1. The number of guanidine groups is 1. The van der Waals surface area contributed by atoms with Gasteiger partial charge in [0.05, 0.1) is 4.90 Å². The molecule has 1 saturated carbocycles. The lowest BCUT2D eigenvalue weighted by Gasteiger charge is -2.33. The highest BCUT2D eigenvalue weighted by Gasteiger charge is 2.49. The smallest absolute Gasteiger partial charge is 0.256 e. The summed E-state index contributed by atoms with van der Waals surface area (Å²) in [5, 5.41) is 10.9. The number of nitrogens with one attached hydrogen (secondary N) is 3. The van der Waals surface area contributed by atoms with Crippen LogP contribution in [0.4, 0.5) is 0 Å². The first-order valence-corrected chi connectivity index (χ1v) is 10.5. The zero-order valence-electron chi connectivity index (χ0n) is 15.0. The van der Waals surface area contributed by atoms with Crippen LogP contribution in [0.5, 0.6) is 0 Å². The van der Waals surface area contributed by atoms with E-state index in [4.69, 9.17) is 5.41 Å². The molecule has 26 heavy (non-hydrogen) atoms. The first-order valence-electron chi connectivity index (χ1n) is 9.04. The highest BCUT2D eigenvalue weighted by atomic mass is 32.2. The van der Waals surface area contributed by atoms with Gasteiger partial charge < -0.3 is 5.32 Å². The van der Waals surface area contributed by atoms with Crippen molar-refractivity contribution in [2.45, 2.75) is 49.0 Å². The Morgan fingerprint density at radius 3 is 2.46 bits per heavy atom. The minimum Gasteiger partial charge on any atom is -0.341 e. The number of hydrogen-bond donors (Lipinski definition) is 3. The highest BCUT2D eigenvalue weighted by Crippen LogP contribution is 2.33. The van der Waals surface area contributed by atoms with E-state index in [-0.39, 0.29) is 23.3 Å². The molecule has 1 aliphatic heterocycles. The largest absolute Gasteiger partial charge is 0.341 e. The molecule has 1 unspecified atom stereocenters. The van der Waals surface area contributed by atoms with Gasteiger partial charge in [-0.05, 0) is 24.5 Å². The SMILES string of the molecule is CN1C(=N)NC(CNS(=O)(=O)c2ccccc2)(CC2CCCCC2)C1=O. The normalized spacial score (nSPS) is 24.7. The van der Waals surface area contributed by atoms with Crippen molar-refractivity contribution < 1.29 is 13.2 Å². The summed E-state index contributed by atoms with van der Waals surface area (Å²) in [6, 6.07) is 8.12. The van der Waals surface area contributed by atoms with E-state index in [2.05, 4.69) is 10.0 Å². The predicted octanol–water partition coefficient (Wildman–Crippen LogP) is 1.67. The van der Waals surface area contributed by atoms with Crippen molar-refractivity contribution in [3.8, 4) is 0 Å². The standard InChI is InChI=1S/C18H26N4O3S/c1-22-16(23)18(21-17(22)19,12-14-8-4-2-5-9-14)13-20-26(24,25)15-10-6-3-7-11-15/h3,6-7,10-11,14,20H,2,4-5,8-9,12-13H2,1H3,(H2,19,21). The van der Waals surface area contributed by atoms with Crippen molar-refractivity contribution in [3.63, 3.8) is 0 Å². The molecule has 1 atom stereocenters. The third-order valence-corrected chi connectivity index (χ3v) is 6.80. The Labute approximate surface area is 154 Å². The van der Waals surface area contributed by atoms with Crippen LogP contribution in [0.3, 0.4) is 0 Å². The summed E-state index contributed by atoms with van der Waals surface area (Å²) >= 11 is 0. The molecule has 142 valence electrons. The van der Waals surface area contributed by atoms with Gasteiger partial charge in [0.25, 0.3) is 5.91 Å². The van der Waals surface area contributed by atoms with Gasteiger partial charge in [-0.1, -0.05) is 50.3 Å². The molecule has 1 amide bonds. The van der Waals surface area contributed by atoms with E-state index in [0.717, 1.165) is 25.7 Å². The van der Waals surface area contributed by atoms with Crippen LogP contribution >= 0.6 is 0 Å². The molecule has 3 N–H and O–H groups in total. The van der Waals surface area contributed by atoms with Gasteiger partial charge in [-0.15, -0.1) is 0 Å². The molecule has 1 aliphatic carbocycles. The minimum absolute atomic E-state index is 0.0183. The van der Waals surface area contributed by atoms with Crippen LogP contribution in [0, 0.1) is 11.3 Å². The summed E-state index contributed by atoms with van der Waals surface area (Å²) in [7, 11) is -2.17. The van der Waals surface area contributed by atoms with Crippen LogP contribution in [0.2, 0.25) is 0 Å². The second kappa shape index (κ2) is 7.36. The van der Waals surface area contributed by atoms with Gasteiger partial charge in [0.2, 0.25) is 10.0 Å². The lowest BCUT2D eigenvalue weighted by molar-refractivity contribution is -0.130. The Morgan fingerprint density at radius 1 is 1.23 bits per heavy atom. The monoisotopic (exact) mass is 378 g/mol. The molecule has 3 rings (SSSR count). The fourth-order valence-corrected chi connectivity index (χ4v) is 5.02. The average molecular weight is 378 g/mol. The van der Waals surface area contributed by atoms with Crippen molar-refractivity contribution >= 4 is 21.9 Å². The fraction of sp³-hybridized carbons (Fsp3) is 0.556. The Kier molecular flexibility index (Phi) is 5.34. The molecular weight excluding hydrogens is 352 g/mol. The van der Waals surface area contributed by atoms with Crippen molar-refractivity contribution in [2.75, 3.05) is 13.6 Å². The Balaban J connectivity index is 1.80. The lowest BCUT2D eigenvalue weighted by atomic mass is 9.79. The topological polar surface area (TPSA) is 102 Å². The number of hydrogen-bond acceptors (Lipinski definition) is 4. The van der Waals surface area contributed by atoms with Crippen molar-refractivity contribution in [1.29, 1.82) is 5.41 Å². The average Bonchev–Trinajstić information content (AvgIpc) is 2.86. The molecule has 0 aromatic heterocycles. The zero-order valence-corrected chi connectivity index (χ0v) is 15.8. The van der Waals surface area contributed by atoms with Gasteiger partial charge in [0.1, 0.15) is 5.54 Å². The first kappa shape index (κ1) is 18.8. The maximum absolute atomic E-state index is 12.9. The molecule has 7 nitrogen and oxygen atoms in total. The van der Waals surface area contributed by atoms with Gasteiger partial charge >= 0.3 is 0 Å². The molecule has 2 fully saturated rings. The molecular formula is C18H26N4O3S. The minimum atomic E-state index is -3.72. The van der Waals surface area contributed by atoms with Crippen LogP contribution < -0.4 is 10.0 Å². The van der Waals surface area contributed by atoms with E-state index in [1.807, 2.05) is 0 Å². The van der Waals surface area contributed by atoms with Crippen LogP contribution in [0.25, 0.3) is 0 Å². The molecule has 1 saturated heterocycles. The Morgan fingerprint density at radius 2 is 1.88 bits per heavy atom. The number of benzene rings is 1. The molecule has 1 heterocycles. The van der Waals surface area contributed by atoms with E-state index in [1.165, 1.54) is 23.5 Å². The molecule has 0 radical (unpaired) electrons. The summed E-state index contributed by atoms with van der Waals surface area (Å²) in [6.07, 6.45) is 6.10. The second-order valence-corrected chi connectivity index (χ2v) is 9.03. The number of amides is 1. The van der Waals surface area contributed by atoms with Crippen molar-refractivity contribution in [2.24, 2.45) is 5.92 Å². The van der Waals surface area contributed by atoms with Gasteiger partial charge in [0.15, 0.2) is 5.96 Å². The third kappa shape index (κ3) is 3.76. The van der Waals surface area contributed by atoms with Crippen LogP contribution in [0.1, 0.15) is 38.5 Å². The molecule has 1 aromatic carbocycles. The van der Waals surface area contributed by atoms with Crippen LogP contribution in [-0.4, -0.2) is 44.3 Å². The molecule has 0 spiro atoms. The lowest BCUT2D eigenvalue weighted by Crippen LogP contribution is -2.56. The molecule has 2 aliphatic rings. The Hall–Kier alpha value is -1.93. The van der Waals surface area contributed by atoms with Crippen molar-refractivity contribution in [1.82, 2.24) is 14.9 Å². The van der Waals surface area contributed by atoms with Crippen LogP contribution in [-0.2, 0) is 14.8 Å². The summed E-state index contributed by atoms with van der Waals surface area (Å²) < 4.78 is 27.7. The van der Waals surface area contributed by atoms with Gasteiger partial charge in [-0.2, -0.15) is 0 Å². The summed E-state index contributed by atoms with van der Waals surface area (Å²) in [6.45, 7) is -0.0632. The van der Waals surface area contributed by atoms with Crippen molar-refractivity contribution in [3.05, 3.63) is 30.3 Å². The van der Waals surface area contributed by atoms with Gasteiger partial charge in [0, 0.05) is 13.6 Å². The number of carbonyl (C=O) groups is 1.